The molecule has 5 nitrogen and oxygen atoms in total. The van der Waals surface area contributed by atoms with Gasteiger partial charge in [0.05, 0.1) is 11.6 Å². The third kappa shape index (κ3) is 3.78. The van der Waals surface area contributed by atoms with Crippen molar-refractivity contribution in [3.63, 3.8) is 0 Å². The molecule has 1 N–H and O–H groups in total. The highest BCUT2D eigenvalue weighted by Crippen LogP contribution is 2.30. The van der Waals surface area contributed by atoms with Crippen molar-refractivity contribution < 1.29 is 14.3 Å². The quantitative estimate of drug-likeness (QED) is 0.829. The first-order chi connectivity index (χ1) is 11.3. The Labute approximate surface area is 147 Å². The van der Waals surface area contributed by atoms with Crippen molar-refractivity contribution in [2.24, 2.45) is 5.92 Å². The number of carbonyl (C=O) groups is 2. The fourth-order valence-corrected chi connectivity index (χ4v) is 3.72. The molecule has 0 saturated heterocycles. The van der Waals surface area contributed by atoms with E-state index in [1.807, 2.05) is 19.2 Å². The summed E-state index contributed by atoms with van der Waals surface area (Å²) in [5.41, 5.74) is 0.674. The van der Waals surface area contributed by atoms with E-state index < -0.39 is 23.5 Å². The van der Waals surface area contributed by atoms with Gasteiger partial charge in [0, 0.05) is 10.3 Å². The van der Waals surface area contributed by atoms with Gasteiger partial charge in [-0.1, -0.05) is 13.8 Å². The van der Waals surface area contributed by atoms with Crippen LogP contribution in [0.4, 0.5) is 0 Å². The number of amides is 1. The summed E-state index contributed by atoms with van der Waals surface area (Å²) in [7, 11) is 0. The Bertz CT molecular complexity index is 674. The van der Waals surface area contributed by atoms with Crippen LogP contribution in [0.2, 0.25) is 0 Å². The van der Waals surface area contributed by atoms with Crippen LogP contribution in [0, 0.1) is 17.2 Å². The van der Waals surface area contributed by atoms with Crippen LogP contribution in [0.3, 0.4) is 0 Å². The number of ether oxygens (including phenoxy) is 1. The predicted octanol–water partition coefficient (Wildman–Crippen LogP) is 3.23. The largest absolute Gasteiger partial charge is 0.449 e. The first-order valence-corrected chi connectivity index (χ1v) is 9.20. The summed E-state index contributed by atoms with van der Waals surface area (Å²) in [5, 5.41) is 13.8. The second-order valence-electron chi connectivity index (χ2n) is 6.76. The van der Waals surface area contributed by atoms with E-state index in [0.29, 0.717) is 5.56 Å². The van der Waals surface area contributed by atoms with Gasteiger partial charge in [-0.25, -0.2) is 4.79 Å². The molecule has 6 heteroatoms. The third-order valence-electron chi connectivity index (χ3n) is 4.70. The Kier molecular flexibility index (Phi) is 5.66. The van der Waals surface area contributed by atoms with Crippen molar-refractivity contribution in [3.8, 4) is 6.07 Å². The van der Waals surface area contributed by atoms with E-state index in [-0.39, 0.29) is 5.92 Å². The zero-order chi connectivity index (χ0) is 17.9. The fourth-order valence-electron chi connectivity index (χ4n) is 2.60. The summed E-state index contributed by atoms with van der Waals surface area (Å²) >= 11 is 1.59. The van der Waals surface area contributed by atoms with Gasteiger partial charge in [-0.2, -0.15) is 5.26 Å². The lowest BCUT2D eigenvalue weighted by atomic mass is 9.90. The normalized spacial score (nSPS) is 17.3. The number of nitrogens with one attached hydrogen (secondary N) is 1. The smallest absolute Gasteiger partial charge is 0.340 e. The zero-order valence-corrected chi connectivity index (χ0v) is 15.5. The summed E-state index contributed by atoms with van der Waals surface area (Å²) in [6.45, 7) is 6.92. The lowest BCUT2D eigenvalue weighted by molar-refractivity contribution is -0.130. The minimum absolute atomic E-state index is 0.0572. The molecule has 0 saturated carbocycles. The topological polar surface area (TPSA) is 79.2 Å². The van der Waals surface area contributed by atoms with Crippen LogP contribution in [-0.4, -0.2) is 23.5 Å². The van der Waals surface area contributed by atoms with Gasteiger partial charge < -0.3 is 10.1 Å². The molecule has 0 spiro atoms. The van der Waals surface area contributed by atoms with Crippen LogP contribution in [0.1, 0.15) is 61.3 Å². The zero-order valence-electron chi connectivity index (χ0n) is 14.6. The van der Waals surface area contributed by atoms with E-state index in [0.717, 1.165) is 31.2 Å². The number of aryl methyl sites for hydroxylation is 1. The minimum atomic E-state index is -0.987. The maximum absolute atomic E-state index is 12.4. The first-order valence-electron chi connectivity index (χ1n) is 8.32. The Morgan fingerprint density at radius 1 is 1.33 bits per heavy atom. The molecule has 0 radical (unpaired) electrons. The molecule has 0 bridgehead atoms. The van der Waals surface area contributed by atoms with Crippen LogP contribution in [0.5, 0.6) is 0 Å². The summed E-state index contributed by atoms with van der Waals surface area (Å²) in [5.74, 6) is -0.969. The molecule has 0 aromatic carbocycles. The van der Waals surface area contributed by atoms with Crippen LogP contribution >= 0.6 is 11.3 Å². The van der Waals surface area contributed by atoms with Gasteiger partial charge in [-0.15, -0.1) is 11.3 Å². The van der Waals surface area contributed by atoms with Crippen molar-refractivity contribution in [2.75, 3.05) is 0 Å². The molecule has 0 aliphatic heterocycles. The number of fused-ring (bicyclic) bond motifs is 1. The van der Waals surface area contributed by atoms with Gasteiger partial charge in [0.2, 0.25) is 0 Å². The van der Waals surface area contributed by atoms with E-state index in [1.165, 1.54) is 11.8 Å². The maximum atomic E-state index is 12.4. The molecule has 2 rings (SSSR count). The van der Waals surface area contributed by atoms with E-state index in [9.17, 15) is 14.9 Å². The molecule has 2 unspecified atom stereocenters. The van der Waals surface area contributed by atoms with Crippen molar-refractivity contribution >= 4 is 23.2 Å². The predicted molar refractivity (Wildman–Crippen MR) is 92.8 cm³/mol. The number of esters is 1. The fraction of sp³-hybridized carbons (Fsp3) is 0.611. The SMILES string of the molecule is CC(OC(=O)c1csc2c1CCCC2)C(=O)NC(C)(C#N)C(C)C. The number of nitriles is 1. The summed E-state index contributed by atoms with van der Waals surface area (Å²) in [6, 6.07) is 2.11. The van der Waals surface area contributed by atoms with Gasteiger partial charge in [0.25, 0.3) is 5.91 Å². The average Bonchev–Trinajstić information content (AvgIpc) is 2.98. The molecule has 0 fully saturated rings. The first kappa shape index (κ1) is 18.5. The monoisotopic (exact) mass is 348 g/mol. The number of hydrogen-bond acceptors (Lipinski definition) is 5. The van der Waals surface area contributed by atoms with Crippen molar-refractivity contribution in [2.45, 2.75) is 65.0 Å². The van der Waals surface area contributed by atoms with Crippen molar-refractivity contribution in [1.82, 2.24) is 5.32 Å². The summed E-state index contributed by atoms with van der Waals surface area (Å²) in [4.78, 5) is 25.9. The Morgan fingerprint density at radius 3 is 2.62 bits per heavy atom. The highest BCUT2D eigenvalue weighted by molar-refractivity contribution is 7.10. The minimum Gasteiger partial charge on any atom is -0.449 e. The summed E-state index contributed by atoms with van der Waals surface area (Å²) in [6.07, 6.45) is 3.20. The lowest BCUT2D eigenvalue weighted by Crippen LogP contribution is -2.52. The van der Waals surface area contributed by atoms with Gasteiger partial charge in [0.15, 0.2) is 6.10 Å². The summed E-state index contributed by atoms with van der Waals surface area (Å²) < 4.78 is 5.34. The number of rotatable bonds is 5. The molecule has 130 valence electrons. The van der Waals surface area contributed by atoms with Gasteiger partial charge in [0.1, 0.15) is 5.54 Å². The Balaban J connectivity index is 2.03. The van der Waals surface area contributed by atoms with Gasteiger partial charge in [-0.05, 0) is 51.0 Å². The Morgan fingerprint density at radius 2 is 2.00 bits per heavy atom. The van der Waals surface area contributed by atoms with Crippen LogP contribution < -0.4 is 5.32 Å². The highest BCUT2D eigenvalue weighted by atomic mass is 32.1. The van der Waals surface area contributed by atoms with E-state index >= 15 is 0 Å². The molecule has 24 heavy (non-hydrogen) atoms. The molecular formula is C18H24N2O3S. The molecule has 1 amide bonds. The van der Waals surface area contributed by atoms with Crippen LogP contribution in [0.25, 0.3) is 0 Å². The van der Waals surface area contributed by atoms with E-state index in [1.54, 1.807) is 18.3 Å². The number of hydrogen-bond donors (Lipinski definition) is 1. The molecule has 2 atom stereocenters. The highest BCUT2D eigenvalue weighted by Gasteiger charge is 2.33. The molecule has 1 heterocycles. The van der Waals surface area contributed by atoms with E-state index in [2.05, 4.69) is 11.4 Å². The molecule has 1 aliphatic rings. The molecule has 1 aromatic rings. The van der Waals surface area contributed by atoms with Gasteiger partial charge in [-0.3, -0.25) is 4.79 Å². The number of carbonyl (C=O) groups excluding carboxylic acids is 2. The second-order valence-corrected chi connectivity index (χ2v) is 7.73. The van der Waals surface area contributed by atoms with Crippen molar-refractivity contribution in [1.29, 1.82) is 5.26 Å². The third-order valence-corrected chi connectivity index (χ3v) is 5.79. The van der Waals surface area contributed by atoms with Crippen LogP contribution in [-0.2, 0) is 22.4 Å². The average molecular weight is 348 g/mol. The van der Waals surface area contributed by atoms with Gasteiger partial charge >= 0.3 is 5.97 Å². The Hall–Kier alpha value is -1.87. The number of nitrogens with zero attached hydrogens (tertiary/aromatic N) is 1. The second kappa shape index (κ2) is 7.35. The lowest BCUT2D eigenvalue weighted by Gasteiger charge is -2.28. The van der Waals surface area contributed by atoms with Crippen LogP contribution in [0.15, 0.2) is 5.38 Å². The van der Waals surface area contributed by atoms with Crippen molar-refractivity contribution in [3.05, 3.63) is 21.4 Å². The molecular weight excluding hydrogens is 324 g/mol. The van der Waals surface area contributed by atoms with E-state index in [4.69, 9.17) is 4.74 Å². The standard InChI is InChI=1S/C18H24N2O3S/c1-11(2)18(4,10-19)20-16(21)12(3)23-17(22)14-9-24-15-8-6-5-7-13(14)15/h9,11-12H,5-8H2,1-4H3,(H,20,21). The molecule has 1 aromatic heterocycles. The molecule has 1 aliphatic carbocycles. The maximum Gasteiger partial charge on any atom is 0.340 e. The number of thiophene rings is 1.